The molecule has 202 valence electrons. The quantitative estimate of drug-likeness (QED) is 0.243. The Bertz CT molecular complexity index is 1240. The van der Waals surface area contributed by atoms with Gasteiger partial charge in [-0.2, -0.15) is 0 Å². The third-order valence-corrected chi connectivity index (χ3v) is 7.08. The van der Waals surface area contributed by atoms with Crippen LogP contribution in [0.4, 0.5) is 0 Å². The SMILES string of the molecule is CCOc1ccc(C[C@@H]2c3cc(OCC)c(OCC)cc3CCN2C(=O)c2ccc(Br)cc2)cc1OCC. The molecule has 1 heterocycles. The summed E-state index contributed by atoms with van der Waals surface area (Å²) >= 11 is 3.47. The smallest absolute Gasteiger partial charge is 0.254 e. The molecule has 0 fully saturated rings. The van der Waals surface area contributed by atoms with Gasteiger partial charge in [0.15, 0.2) is 23.0 Å². The first kappa shape index (κ1) is 27.8. The molecule has 0 saturated heterocycles. The monoisotopic (exact) mass is 581 g/mol. The van der Waals surface area contributed by atoms with Crippen molar-refractivity contribution in [3.63, 3.8) is 0 Å². The highest BCUT2D eigenvalue weighted by Crippen LogP contribution is 2.41. The van der Waals surface area contributed by atoms with Gasteiger partial charge in [-0.1, -0.05) is 22.0 Å². The molecule has 0 bridgehead atoms. The van der Waals surface area contributed by atoms with Crippen molar-refractivity contribution in [1.29, 1.82) is 0 Å². The molecule has 3 aromatic rings. The second-order valence-electron chi connectivity index (χ2n) is 8.99. The van der Waals surface area contributed by atoms with Gasteiger partial charge in [-0.05, 0) is 106 Å². The maximum atomic E-state index is 13.8. The third kappa shape index (κ3) is 6.26. The lowest BCUT2D eigenvalue weighted by molar-refractivity contribution is 0.0659. The fourth-order valence-corrected chi connectivity index (χ4v) is 5.18. The van der Waals surface area contributed by atoms with E-state index in [1.165, 1.54) is 5.56 Å². The largest absolute Gasteiger partial charge is 0.490 e. The molecule has 1 atom stereocenters. The number of rotatable bonds is 11. The highest BCUT2D eigenvalue weighted by atomic mass is 79.9. The van der Waals surface area contributed by atoms with Crippen molar-refractivity contribution in [1.82, 2.24) is 4.90 Å². The summed E-state index contributed by atoms with van der Waals surface area (Å²) in [5, 5.41) is 0. The number of carbonyl (C=O) groups is 1. The van der Waals surface area contributed by atoms with Crippen LogP contribution in [-0.4, -0.2) is 43.8 Å². The summed E-state index contributed by atoms with van der Waals surface area (Å²) in [5.74, 6) is 2.91. The molecule has 7 heteroatoms. The summed E-state index contributed by atoms with van der Waals surface area (Å²) in [6.07, 6.45) is 1.37. The van der Waals surface area contributed by atoms with Crippen LogP contribution in [0.2, 0.25) is 0 Å². The van der Waals surface area contributed by atoms with Gasteiger partial charge < -0.3 is 23.8 Å². The minimum Gasteiger partial charge on any atom is -0.490 e. The van der Waals surface area contributed by atoms with Crippen molar-refractivity contribution < 1.29 is 23.7 Å². The zero-order chi connectivity index (χ0) is 27.1. The molecule has 4 rings (SSSR count). The maximum absolute atomic E-state index is 13.8. The molecule has 0 spiro atoms. The molecule has 0 radical (unpaired) electrons. The summed E-state index contributed by atoms with van der Waals surface area (Å²) in [7, 11) is 0. The number of amides is 1. The van der Waals surface area contributed by atoms with Crippen LogP contribution in [0.3, 0.4) is 0 Å². The number of benzene rings is 3. The molecule has 1 aliphatic heterocycles. The van der Waals surface area contributed by atoms with Crippen molar-refractivity contribution in [2.45, 2.75) is 46.6 Å². The lowest BCUT2D eigenvalue weighted by atomic mass is 9.87. The van der Waals surface area contributed by atoms with E-state index < -0.39 is 0 Å². The summed E-state index contributed by atoms with van der Waals surface area (Å²) in [6.45, 7) is 10.7. The Morgan fingerprint density at radius 3 is 2.00 bits per heavy atom. The maximum Gasteiger partial charge on any atom is 0.254 e. The van der Waals surface area contributed by atoms with Crippen molar-refractivity contribution in [2.75, 3.05) is 33.0 Å². The van der Waals surface area contributed by atoms with Crippen LogP contribution < -0.4 is 18.9 Å². The standard InChI is InChI=1S/C31H36BrNO5/c1-5-35-27-14-9-21(18-28(27)36-6-2)17-26-25-20-30(38-8-4)29(37-7-3)19-23(25)15-16-33(26)31(34)22-10-12-24(32)13-11-22/h9-14,18-20,26H,5-8,15-17H2,1-4H3/t26-/m1/s1. The van der Waals surface area contributed by atoms with Crippen molar-refractivity contribution in [2.24, 2.45) is 0 Å². The van der Waals surface area contributed by atoms with Gasteiger partial charge in [0.2, 0.25) is 0 Å². The lowest BCUT2D eigenvalue weighted by Crippen LogP contribution is -2.41. The predicted octanol–water partition coefficient (Wildman–Crippen LogP) is 7.03. The van der Waals surface area contributed by atoms with E-state index in [-0.39, 0.29) is 11.9 Å². The van der Waals surface area contributed by atoms with Gasteiger partial charge >= 0.3 is 0 Å². The van der Waals surface area contributed by atoms with E-state index in [4.69, 9.17) is 18.9 Å². The topological polar surface area (TPSA) is 57.2 Å². The van der Waals surface area contributed by atoms with E-state index in [2.05, 4.69) is 34.1 Å². The number of carbonyl (C=O) groups excluding carboxylic acids is 1. The molecule has 0 aliphatic carbocycles. The number of fused-ring (bicyclic) bond motifs is 1. The molecule has 6 nitrogen and oxygen atoms in total. The molecule has 0 unspecified atom stereocenters. The zero-order valence-electron chi connectivity index (χ0n) is 22.6. The van der Waals surface area contributed by atoms with Crippen LogP contribution in [0.25, 0.3) is 0 Å². The van der Waals surface area contributed by atoms with Crippen molar-refractivity contribution in [3.8, 4) is 23.0 Å². The highest BCUT2D eigenvalue weighted by molar-refractivity contribution is 9.10. The van der Waals surface area contributed by atoms with Gasteiger partial charge in [0.05, 0.1) is 32.5 Å². The average Bonchev–Trinajstić information content (AvgIpc) is 2.91. The van der Waals surface area contributed by atoms with E-state index in [0.717, 1.165) is 39.3 Å². The van der Waals surface area contributed by atoms with Crippen LogP contribution in [-0.2, 0) is 12.8 Å². The Morgan fingerprint density at radius 1 is 0.789 bits per heavy atom. The van der Waals surface area contributed by atoms with Crippen LogP contribution in [0.5, 0.6) is 23.0 Å². The molecule has 1 aliphatic rings. The number of halogens is 1. The first-order valence-corrected chi connectivity index (χ1v) is 14.2. The van der Waals surface area contributed by atoms with Crippen LogP contribution >= 0.6 is 15.9 Å². The fraction of sp³-hybridized carbons (Fsp3) is 0.387. The molecular formula is C31H36BrNO5. The van der Waals surface area contributed by atoms with Crippen molar-refractivity contribution >= 4 is 21.8 Å². The number of ether oxygens (including phenoxy) is 4. The first-order chi connectivity index (χ1) is 18.5. The van der Waals surface area contributed by atoms with Crippen LogP contribution in [0.1, 0.15) is 60.8 Å². The molecule has 3 aromatic carbocycles. The number of hydrogen-bond acceptors (Lipinski definition) is 5. The van der Waals surface area contributed by atoms with Gasteiger partial charge in [0, 0.05) is 16.6 Å². The lowest BCUT2D eigenvalue weighted by Gasteiger charge is -2.38. The third-order valence-electron chi connectivity index (χ3n) is 6.55. The Morgan fingerprint density at radius 2 is 1.37 bits per heavy atom. The fourth-order valence-electron chi connectivity index (χ4n) is 4.91. The van der Waals surface area contributed by atoms with E-state index >= 15 is 0 Å². The van der Waals surface area contributed by atoms with Gasteiger partial charge in [-0.25, -0.2) is 0 Å². The minimum atomic E-state index is -0.183. The summed E-state index contributed by atoms with van der Waals surface area (Å²) in [6, 6.07) is 17.6. The van der Waals surface area contributed by atoms with Crippen molar-refractivity contribution in [3.05, 3.63) is 81.3 Å². The Kier molecular flexibility index (Phi) is 9.56. The average molecular weight is 583 g/mol. The number of hydrogen-bond donors (Lipinski definition) is 0. The molecule has 38 heavy (non-hydrogen) atoms. The molecule has 0 N–H and O–H groups in total. The van der Waals surface area contributed by atoms with E-state index in [1.807, 2.05) is 69.0 Å². The Labute approximate surface area is 234 Å². The molecule has 0 saturated carbocycles. The second-order valence-corrected chi connectivity index (χ2v) is 9.90. The van der Waals surface area contributed by atoms with E-state index in [0.29, 0.717) is 50.7 Å². The Balaban J connectivity index is 1.77. The van der Waals surface area contributed by atoms with Gasteiger partial charge in [0.1, 0.15) is 0 Å². The minimum absolute atomic E-state index is 0.0102. The van der Waals surface area contributed by atoms with Gasteiger partial charge in [-0.3, -0.25) is 4.79 Å². The normalized spacial score (nSPS) is 14.6. The number of nitrogens with zero attached hydrogens (tertiary/aromatic N) is 1. The molecule has 0 aromatic heterocycles. The molecule has 1 amide bonds. The zero-order valence-corrected chi connectivity index (χ0v) is 24.2. The van der Waals surface area contributed by atoms with Crippen LogP contribution in [0, 0.1) is 0 Å². The highest BCUT2D eigenvalue weighted by Gasteiger charge is 2.33. The van der Waals surface area contributed by atoms with Crippen LogP contribution in [0.15, 0.2) is 59.1 Å². The van der Waals surface area contributed by atoms with Gasteiger partial charge in [0.25, 0.3) is 5.91 Å². The predicted molar refractivity (Wildman–Crippen MR) is 153 cm³/mol. The summed E-state index contributed by atoms with van der Waals surface area (Å²) in [4.78, 5) is 15.8. The Hall–Kier alpha value is -3.19. The summed E-state index contributed by atoms with van der Waals surface area (Å²) in [5.41, 5.74) is 3.99. The summed E-state index contributed by atoms with van der Waals surface area (Å²) < 4.78 is 24.5. The van der Waals surface area contributed by atoms with E-state index in [9.17, 15) is 4.79 Å². The van der Waals surface area contributed by atoms with Gasteiger partial charge in [-0.15, -0.1) is 0 Å². The second kappa shape index (κ2) is 13.1. The first-order valence-electron chi connectivity index (χ1n) is 13.4. The molecular weight excluding hydrogens is 546 g/mol. The van der Waals surface area contributed by atoms with E-state index in [1.54, 1.807) is 0 Å².